The van der Waals surface area contributed by atoms with Crippen molar-refractivity contribution in [3.63, 3.8) is 0 Å². The molecule has 2 atom stereocenters. The number of carbonyl (C=O) groups excluding carboxylic acids is 1. The highest BCUT2D eigenvalue weighted by atomic mass is 19.1. The van der Waals surface area contributed by atoms with Crippen molar-refractivity contribution >= 4 is 11.9 Å². The van der Waals surface area contributed by atoms with Gasteiger partial charge in [0, 0.05) is 5.92 Å². The van der Waals surface area contributed by atoms with Crippen LogP contribution in [0, 0.1) is 11.7 Å². The third-order valence-electron chi connectivity index (χ3n) is 2.63. The Hall–Kier alpha value is -1.91. The van der Waals surface area contributed by atoms with Crippen molar-refractivity contribution in [2.45, 2.75) is 5.92 Å². The van der Waals surface area contributed by atoms with E-state index in [1.807, 2.05) is 0 Å². The number of ether oxygens (including phenoxy) is 1. The van der Waals surface area contributed by atoms with Crippen LogP contribution in [0.25, 0.3) is 0 Å². The van der Waals surface area contributed by atoms with Crippen molar-refractivity contribution in [2.75, 3.05) is 6.61 Å². The first-order valence-corrected chi connectivity index (χ1v) is 4.74. The van der Waals surface area contributed by atoms with Crippen molar-refractivity contribution in [2.24, 2.45) is 5.92 Å². The summed E-state index contributed by atoms with van der Waals surface area (Å²) < 4.78 is 17.4. The molecule has 84 valence electrons. The topological polar surface area (TPSA) is 63.6 Å². The summed E-state index contributed by atoms with van der Waals surface area (Å²) in [6, 6.07) is 5.41. The molecule has 0 radical (unpaired) electrons. The Morgan fingerprint density at radius 2 is 2.00 bits per heavy atom. The zero-order valence-electron chi connectivity index (χ0n) is 8.22. The maximum absolute atomic E-state index is 12.7. The summed E-state index contributed by atoms with van der Waals surface area (Å²) in [7, 11) is 0. The lowest BCUT2D eigenvalue weighted by Gasteiger charge is -2.11. The number of benzene rings is 1. The number of hydrogen-bond acceptors (Lipinski definition) is 3. The smallest absolute Gasteiger partial charge is 0.321 e. The molecule has 1 aromatic rings. The molecular formula is C11H9FO4. The van der Waals surface area contributed by atoms with Gasteiger partial charge in [-0.25, -0.2) is 4.39 Å². The van der Waals surface area contributed by atoms with Crippen molar-refractivity contribution in [3.8, 4) is 0 Å². The molecule has 0 aromatic heterocycles. The van der Waals surface area contributed by atoms with Crippen LogP contribution >= 0.6 is 0 Å². The Morgan fingerprint density at radius 1 is 1.38 bits per heavy atom. The van der Waals surface area contributed by atoms with Gasteiger partial charge in [-0.2, -0.15) is 0 Å². The van der Waals surface area contributed by atoms with Gasteiger partial charge in [-0.1, -0.05) is 12.1 Å². The maximum atomic E-state index is 12.7. The number of hydrogen-bond donors (Lipinski definition) is 1. The minimum Gasteiger partial charge on any atom is -0.481 e. The molecule has 1 fully saturated rings. The zero-order valence-corrected chi connectivity index (χ0v) is 8.22. The number of carboxylic acid groups (broad SMARTS) is 1. The van der Waals surface area contributed by atoms with Gasteiger partial charge in [0.1, 0.15) is 5.82 Å². The molecule has 1 N–H and O–H groups in total. The van der Waals surface area contributed by atoms with Crippen molar-refractivity contribution in [1.29, 1.82) is 0 Å². The van der Waals surface area contributed by atoms with Crippen LogP contribution in [-0.4, -0.2) is 23.7 Å². The van der Waals surface area contributed by atoms with Crippen LogP contribution in [0.1, 0.15) is 11.5 Å². The second kappa shape index (κ2) is 3.92. The van der Waals surface area contributed by atoms with Crippen LogP contribution in [0.5, 0.6) is 0 Å². The quantitative estimate of drug-likeness (QED) is 0.605. The number of cyclic esters (lactones) is 1. The molecule has 0 amide bonds. The summed E-state index contributed by atoms with van der Waals surface area (Å²) in [5.41, 5.74) is 0.597. The predicted molar refractivity (Wildman–Crippen MR) is 51.2 cm³/mol. The molecule has 0 unspecified atom stereocenters. The second-order valence-electron chi connectivity index (χ2n) is 3.60. The lowest BCUT2D eigenvalue weighted by Crippen LogP contribution is -2.24. The fraction of sp³-hybridized carbons (Fsp3) is 0.273. The van der Waals surface area contributed by atoms with Gasteiger partial charge >= 0.3 is 11.9 Å². The van der Waals surface area contributed by atoms with Gasteiger partial charge in [-0.3, -0.25) is 9.59 Å². The summed E-state index contributed by atoms with van der Waals surface area (Å²) in [6.45, 7) is 0.0292. The van der Waals surface area contributed by atoms with E-state index in [0.29, 0.717) is 5.56 Å². The first kappa shape index (κ1) is 10.6. The number of esters is 1. The van der Waals surface area contributed by atoms with Crippen LogP contribution < -0.4 is 0 Å². The average Bonchev–Trinajstić information content (AvgIpc) is 2.61. The molecule has 1 saturated heterocycles. The number of carboxylic acids is 1. The first-order chi connectivity index (χ1) is 7.59. The van der Waals surface area contributed by atoms with Gasteiger partial charge in [0.25, 0.3) is 0 Å². The van der Waals surface area contributed by atoms with Crippen LogP contribution in [0.3, 0.4) is 0 Å². The first-order valence-electron chi connectivity index (χ1n) is 4.74. The molecule has 0 saturated carbocycles. The number of aliphatic carboxylic acids is 1. The molecule has 0 spiro atoms. The average molecular weight is 224 g/mol. The van der Waals surface area contributed by atoms with Gasteiger partial charge in [0.05, 0.1) is 6.61 Å². The lowest BCUT2D eigenvalue weighted by atomic mass is 9.89. The van der Waals surface area contributed by atoms with Crippen LogP contribution in [0.4, 0.5) is 4.39 Å². The predicted octanol–water partition coefficient (Wildman–Crippen LogP) is 1.17. The largest absolute Gasteiger partial charge is 0.481 e. The van der Waals surface area contributed by atoms with E-state index in [-0.39, 0.29) is 6.61 Å². The molecule has 1 aliphatic heterocycles. The van der Waals surface area contributed by atoms with E-state index in [1.54, 1.807) is 0 Å². The summed E-state index contributed by atoms with van der Waals surface area (Å²) in [5, 5.41) is 8.90. The van der Waals surface area contributed by atoms with E-state index in [9.17, 15) is 14.0 Å². The fourth-order valence-electron chi connectivity index (χ4n) is 1.79. The Morgan fingerprint density at radius 3 is 2.56 bits per heavy atom. The molecule has 4 nitrogen and oxygen atoms in total. The van der Waals surface area contributed by atoms with Crippen LogP contribution in [-0.2, 0) is 14.3 Å². The van der Waals surface area contributed by atoms with Gasteiger partial charge in [0.2, 0.25) is 0 Å². The van der Waals surface area contributed by atoms with Crippen LogP contribution in [0.2, 0.25) is 0 Å². The van der Waals surface area contributed by atoms with Crippen molar-refractivity contribution < 1.29 is 23.8 Å². The van der Waals surface area contributed by atoms with Gasteiger partial charge < -0.3 is 9.84 Å². The van der Waals surface area contributed by atoms with Gasteiger partial charge in [-0.15, -0.1) is 0 Å². The standard InChI is InChI=1S/C11H9FO4/c12-7-3-1-6(2-4-7)8-5-16-11(15)9(8)10(13)14/h1-4,8-9H,5H2,(H,13,14)/t8-,9-/m0/s1. The molecule has 1 heterocycles. The zero-order chi connectivity index (χ0) is 11.7. The summed E-state index contributed by atoms with van der Waals surface area (Å²) in [6.07, 6.45) is 0. The van der Waals surface area contributed by atoms with E-state index in [4.69, 9.17) is 9.84 Å². The van der Waals surface area contributed by atoms with Crippen molar-refractivity contribution in [3.05, 3.63) is 35.6 Å². The molecule has 0 aliphatic carbocycles. The summed E-state index contributed by atoms with van der Waals surface area (Å²) in [4.78, 5) is 22.1. The fourth-order valence-corrected chi connectivity index (χ4v) is 1.79. The minimum atomic E-state index is -1.21. The molecule has 1 aliphatic rings. The maximum Gasteiger partial charge on any atom is 0.321 e. The monoisotopic (exact) mass is 224 g/mol. The highest BCUT2D eigenvalue weighted by Gasteiger charge is 2.43. The molecular weight excluding hydrogens is 215 g/mol. The lowest BCUT2D eigenvalue weighted by molar-refractivity contribution is -0.152. The number of carbonyl (C=O) groups is 2. The van der Waals surface area contributed by atoms with E-state index in [2.05, 4.69) is 0 Å². The highest BCUT2D eigenvalue weighted by Crippen LogP contribution is 2.32. The summed E-state index contributed by atoms with van der Waals surface area (Å²) in [5.74, 6) is -4.07. The molecule has 5 heteroatoms. The van der Waals surface area contributed by atoms with Gasteiger partial charge in [0.15, 0.2) is 5.92 Å². The Labute approximate surface area is 90.6 Å². The van der Waals surface area contributed by atoms with Crippen LogP contribution in [0.15, 0.2) is 24.3 Å². The van der Waals surface area contributed by atoms with Gasteiger partial charge in [-0.05, 0) is 17.7 Å². The Bertz CT molecular complexity index is 426. The minimum absolute atomic E-state index is 0.0292. The third kappa shape index (κ3) is 1.76. The molecule has 16 heavy (non-hydrogen) atoms. The molecule has 2 rings (SSSR count). The number of rotatable bonds is 2. The second-order valence-corrected chi connectivity index (χ2v) is 3.60. The normalized spacial score (nSPS) is 24.2. The molecule has 0 bridgehead atoms. The van der Waals surface area contributed by atoms with E-state index < -0.39 is 29.6 Å². The van der Waals surface area contributed by atoms with Crippen molar-refractivity contribution in [1.82, 2.24) is 0 Å². The van der Waals surface area contributed by atoms with E-state index >= 15 is 0 Å². The Kier molecular flexibility index (Phi) is 2.60. The van der Waals surface area contributed by atoms with E-state index in [0.717, 1.165) is 0 Å². The SMILES string of the molecule is O=C(O)[C@H]1C(=O)OC[C@H]1c1ccc(F)cc1. The third-order valence-corrected chi connectivity index (χ3v) is 2.63. The molecule has 1 aromatic carbocycles. The Balaban J connectivity index is 2.30. The number of halogens is 1. The highest BCUT2D eigenvalue weighted by molar-refractivity contribution is 5.96. The van der Waals surface area contributed by atoms with E-state index in [1.165, 1.54) is 24.3 Å². The summed E-state index contributed by atoms with van der Waals surface area (Å²) >= 11 is 0.